The average Bonchev–Trinajstić information content (AvgIpc) is 3.37. The quantitative estimate of drug-likeness (QED) is 0.440. The van der Waals surface area contributed by atoms with Crippen LogP contribution < -0.4 is 11.2 Å². The molecule has 1 saturated heterocycles. The zero-order chi connectivity index (χ0) is 24.8. The summed E-state index contributed by atoms with van der Waals surface area (Å²) in [4.78, 5) is 56.2. The van der Waals surface area contributed by atoms with Crippen molar-refractivity contribution in [1.82, 2.24) is 29.4 Å². The van der Waals surface area contributed by atoms with Gasteiger partial charge >= 0.3 is 5.69 Å². The predicted octanol–water partition coefficient (Wildman–Crippen LogP) is 2.07. The number of methoxy groups -OCH3 is 1. The Morgan fingerprint density at radius 2 is 2.00 bits per heavy atom. The van der Waals surface area contributed by atoms with E-state index < -0.39 is 11.2 Å². The number of hydrogen-bond acceptors (Lipinski definition) is 7. The third-order valence-corrected chi connectivity index (χ3v) is 6.97. The lowest BCUT2D eigenvalue weighted by Gasteiger charge is -2.33. The van der Waals surface area contributed by atoms with Gasteiger partial charge in [-0.1, -0.05) is 12.2 Å². The molecule has 1 aliphatic carbocycles. The first-order valence-electron chi connectivity index (χ1n) is 11.9. The van der Waals surface area contributed by atoms with E-state index in [1.165, 1.54) is 13.3 Å². The summed E-state index contributed by atoms with van der Waals surface area (Å²) in [7, 11) is 1.49. The fraction of sp³-hybridized carbons (Fsp3) is 0.308. The number of aromatic amines is 1. The second kappa shape index (κ2) is 8.80. The van der Waals surface area contributed by atoms with Crippen LogP contribution in [0.2, 0.25) is 0 Å². The predicted molar refractivity (Wildman–Crippen MR) is 135 cm³/mol. The Morgan fingerprint density at radius 3 is 2.81 bits per heavy atom. The number of aromatic nitrogens is 5. The first-order valence-corrected chi connectivity index (χ1v) is 11.9. The zero-order valence-electron chi connectivity index (χ0n) is 19.7. The van der Waals surface area contributed by atoms with E-state index in [9.17, 15) is 14.4 Å². The minimum absolute atomic E-state index is 0.0303. The molecule has 10 nitrogen and oxygen atoms in total. The molecule has 1 fully saturated rings. The second-order valence-electron chi connectivity index (χ2n) is 9.13. The highest BCUT2D eigenvalue weighted by molar-refractivity contribution is 6.01. The Bertz CT molecular complexity index is 1660. The smallest absolute Gasteiger partial charge is 0.329 e. The van der Waals surface area contributed by atoms with Crippen LogP contribution in [-0.4, -0.2) is 62.1 Å². The summed E-state index contributed by atoms with van der Waals surface area (Å²) in [6.45, 7) is 1.02. The molecule has 2 aliphatic rings. The van der Waals surface area contributed by atoms with Gasteiger partial charge in [-0.25, -0.2) is 9.78 Å². The highest BCUT2D eigenvalue weighted by Gasteiger charge is 2.27. The Labute approximate surface area is 205 Å². The molecule has 1 N–H and O–H groups in total. The van der Waals surface area contributed by atoms with Gasteiger partial charge in [0.25, 0.3) is 5.56 Å². The number of pyridine rings is 3. The van der Waals surface area contributed by atoms with E-state index >= 15 is 0 Å². The number of likely N-dealkylation sites (tertiary alicyclic amines) is 1. The lowest BCUT2D eigenvalue weighted by atomic mass is 10.0. The number of ether oxygens (including phenoxy) is 1. The highest BCUT2D eigenvalue weighted by Crippen LogP contribution is 2.30. The number of piperidine rings is 1. The first-order chi connectivity index (χ1) is 17.5. The fourth-order valence-corrected chi connectivity index (χ4v) is 5.15. The molecule has 10 heteroatoms. The molecule has 6 rings (SSSR count). The summed E-state index contributed by atoms with van der Waals surface area (Å²) in [5.74, 6) is -0.0756. The van der Waals surface area contributed by atoms with Gasteiger partial charge in [-0.15, -0.1) is 0 Å². The van der Waals surface area contributed by atoms with E-state index in [0.717, 1.165) is 23.2 Å². The number of nitrogens with one attached hydrogen (secondary N) is 1. The topological polar surface area (TPSA) is 123 Å². The number of carbonyl (C=O) groups is 1. The van der Waals surface area contributed by atoms with Gasteiger partial charge in [-0.2, -0.15) is 0 Å². The van der Waals surface area contributed by atoms with Crippen molar-refractivity contribution in [2.45, 2.75) is 25.3 Å². The molecule has 4 aromatic heterocycles. The number of H-pyrrole nitrogens is 1. The van der Waals surface area contributed by atoms with Crippen LogP contribution in [0, 0.1) is 0 Å². The van der Waals surface area contributed by atoms with Crippen molar-refractivity contribution in [3.05, 3.63) is 68.8 Å². The first kappa shape index (κ1) is 22.3. The van der Waals surface area contributed by atoms with Crippen LogP contribution in [-0.2, 0) is 16.0 Å². The van der Waals surface area contributed by atoms with E-state index in [2.05, 4.69) is 21.0 Å². The Balaban J connectivity index is 1.48. The molecular weight excluding hydrogens is 460 g/mol. The fourth-order valence-electron chi connectivity index (χ4n) is 5.15. The van der Waals surface area contributed by atoms with Crippen LogP contribution in [0.3, 0.4) is 0 Å². The molecule has 36 heavy (non-hydrogen) atoms. The number of hydrogen-bond donors (Lipinski definition) is 1. The van der Waals surface area contributed by atoms with Crippen molar-refractivity contribution in [2.75, 3.05) is 26.8 Å². The summed E-state index contributed by atoms with van der Waals surface area (Å²) in [6, 6.07) is 5.57. The molecule has 1 amide bonds. The van der Waals surface area contributed by atoms with Crippen molar-refractivity contribution in [2.24, 2.45) is 0 Å². The molecule has 0 aromatic carbocycles. The van der Waals surface area contributed by atoms with Gasteiger partial charge in [0.1, 0.15) is 12.1 Å². The van der Waals surface area contributed by atoms with E-state index in [1.807, 2.05) is 24.3 Å². The van der Waals surface area contributed by atoms with Crippen molar-refractivity contribution in [1.29, 1.82) is 0 Å². The van der Waals surface area contributed by atoms with Crippen molar-refractivity contribution >= 4 is 33.9 Å². The summed E-state index contributed by atoms with van der Waals surface area (Å²) in [6.07, 6.45) is 9.37. The normalized spacial score (nSPS) is 15.6. The number of rotatable bonds is 4. The summed E-state index contributed by atoms with van der Waals surface area (Å²) < 4.78 is 6.59. The maximum absolute atomic E-state index is 13.1. The lowest BCUT2D eigenvalue weighted by molar-refractivity contribution is -0.136. The maximum Gasteiger partial charge on any atom is 0.329 e. The minimum Gasteiger partial charge on any atom is -0.375 e. The van der Waals surface area contributed by atoms with Gasteiger partial charge < -0.3 is 9.64 Å². The van der Waals surface area contributed by atoms with Gasteiger partial charge in [0.2, 0.25) is 5.91 Å². The van der Waals surface area contributed by atoms with Crippen molar-refractivity contribution < 1.29 is 9.53 Å². The maximum atomic E-state index is 13.1. The van der Waals surface area contributed by atoms with E-state index in [-0.39, 0.29) is 18.6 Å². The zero-order valence-corrected chi connectivity index (χ0v) is 19.7. The van der Waals surface area contributed by atoms with Crippen LogP contribution in [0.15, 0.2) is 46.3 Å². The third kappa shape index (κ3) is 3.70. The molecule has 5 heterocycles. The van der Waals surface area contributed by atoms with Gasteiger partial charge in [0.05, 0.1) is 27.8 Å². The molecule has 0 saturated carbocycles. The average molecular weight is 485 g/mol. The summed E-state index contributed by atoms with van der Waals surface area (Å²) in [5.41, 5.74) is 4.19. The molecule has 4 aromatic rings. The molecule has 1 aliphatic heterocycles. The standard InChI is InChI=1S/C26H24N6O4/c1-36-14-22(33)31-9-7-17(8-10-31)32-24-18(25(34)30-26(32)35)13-28-21-6-5-20(29-23(21)24)16-11-15-3-2-4-19(15)27-12-16/h2-3,5-6,11-13,17H,4,7-10,14H2,1H3,(H,30,34,35). The lowest BCUT2D eigenvalue weighted by Crippen LogP contribution is -2.43. The third-order valence-electron chi connectivity index (χ3n) is 6.97. The Hall–Kier alpha value is -4.18. The number of fused-ring (bicyclic) bond motifs is 4. The van der Waals surface area contributed by atoms with Gasteiger partial charge in [0.15, 0.2) is 0 Å². The SMILES string of the molecule is COCC(=O)N1CCC(n2c(=O)[nH]c(=O)c3cnc4ccc(-c5cnc6c(c5)C=CC6)nc4c32)CC1. The van der Waals surface area contributed by atoms with Crippen LogP contribution >= 0.6 is 0 Å². The monoisotopic (exact) mass is 484 g/mol. The number of amides is 1. The largest absolute Gasteiger partial charge is 0.375 e. The molecule has 0 unspecified atom stereocenters. The van der Waals surface area contributed by atoms with Crippen LogP contribution in [0.1, 0.15) is 30.1 Å². The summed E-state index contributed by atoms with van der Waals surface area (Å²) in [5, 5.41) is 0.305. The molecule has 182 valence electrons. The number of carbonyl (C=O) groups excluding carboxylic acids is 1. The Kier molecular flexibility index (Phi) is 5.45. The van der Waals surface area contributed by atoms with Gasteiger partial charge in [0, 0.05) is 50.6 Å². The van der Waals surface area contributed by atoms with E-state index in [0.29, 0.717) is 53.6 Å². The van der Waals surface area contributed by atoms with E-state index in [4.69, 9.17) is 9.72 Å². The second-order valence-corrected chi connectivity index (χ2v) is 9.13. The molecule has 0 spiro atoms. The minimum atomic E-state index is -0.495. The number of allylic oxidation sites excluding steroid dienone is 1. The van der Waals surface area contributed by atoms with Gasteiger partial charge in [-0.05, 0) is 36.6 Å². The van der Waals surface area contributed by atoms with Crippen molar-refractivity contribution in [3.8, 4) is 11.3 Å². The highest BCUT2D eigenvalue weighted by atomic mass is 16.5. The van der Waals surface area contributed by atoms with Crippen molar-refractivity contribution in [3.63, 3.8) is 0 Å². The van der Waals surface area contributed by atoms with E-state index in [1.54, 1.807) is 15.7 Å². The molecule has 0 radical (unpaired) electrons. The van der Waals surface area contributed by atoms with Crippen LogP contribution in [0.25, 0.3) is 39.3 Å². The Morgan fingerprint density at radius 1 is 1.17 bits per heavy atom. The molecule has 0 bridgehead atoms. The molecule has 0 atom stereocenters. The van der Waals surface area contributed by atoms with Crippen LogP contribution in [0.5, 0.6) is 0 Å². The summed E-state index contributed by atoms with van der Waals surface area (Å²) >= 11 is 0. The number of nitrogens with zero attached hydrogens (tertiary/aromatic N) is 5. The van der Waals surface area contributed by atoms with Gasteiger partial charge in [-0.3, -0.25) is 29.1 Å². The van der Waals surface area contributed by atoms with Crippen LogP contribution in [0.4, 0.5) is 0 Å². The molecular formula is C26H24N6O4.